The number of ether oxygens (including phenoxy) is 2. The molecule has 0 aliphatic carbocycles. The zero-order chi connectivity index (χ0) is 22.2. The number of esters is 1. The normalized spacial score (nSPS) is 10.7. The maximum atomic E-state index is 12.4. The zero-order valence-electron chi connectivity index (χ0n) is 16.5. The highest BCUT2D eigenvalue weighted by Crippen LogP contribution is 2.23. The molecule has 0 aliphatic heterocycles. The summed E-state index contributed by atoms with van der Waals surface area (Å²) in [6, 6.07) is 18.8. The van der Waals surface area contributed by atoms with E-state index >= 15 is 0 Å². The van der Waals surface area contributed by atoms with Crippen LogP contribution in [0.5, 0.6) is 11.5 Å². The Bertz CT molecular complexity index is 1100. The van der Waals surface area contributed by atoms with Gasteiger partial charge in [0.2, 0.25) is 0 Å². The van der Waals surface area contributed by atoms with Gasteiger partial charge in [-0.2, -0.15) is 5.10 Å². The van der Waals surface area contributed by atoms with E-state index in [1.165, 1.54) is 6.21 Å². The lowest BCUT2D eigenvalue weighted by Crippen LogP contribution is -2.24. The van der Waals surface area contributed by atoms with Gasteiger partial charge in [-0.05, 0) is 61.5 Å². The molecule has 8 heteroatoms. The molecule has 1 N–H and O–H groups in total. The molecule has 0 heterocycles. The molecule has 0 aromatic heterocycles. The van der Waals surface area contributed by atoms with E-state index in [9.17, 15) is 9.59 Å². The summed E-state index contributed by atoms with van der Waals surface area (Å²) in [4.78, 5) is 24.4. The molecule has 0 fully saturated rings. The number of carbonyl (C=O) groups is 2. The number of rotatable bonds is 7. The van der Waals surface area contributed by atoms with E-state index in [2.05, 4.69) is 26.5 Å². The van der Waals surface area contributed by atoms with Gasteiger partial charge >= 0.3 is 5.97 Å². The predicted octanol–water partition coefficient (Wildman–Crippen LogP) is 5.16. The highest BCUT2D eigenvalue weighted by molar-refractivity contribution is 9.10. The molecular weight excluding hydrogens is 484 g/mol. The second-order valence-electron chi connectivity index (χ2n) is 6.47. The van der Waals surface area contributed by atoms with Gasteiger partial charge in [0.25, 0.3) is 5.91 Å². The van der Waals surface area contributed by atoms with Crippen LogP contribution >= 0.6 is 27.5 Å². The summed E-state index contributed by atoms with van der Waals surface area (Å²) >= 11 is 9.18. The smallest absolute Gasteiger partial charge is 0.343 e. The van der Waals surface area contributed by atoms with Crippen molar-refractivity contribution in [3.8, 4) is 11.5 Å². The summed E-state index contributed by atoms with van der Waals surface area (Å²) in [5, 5.41) is 4.50. The minimum Gasteiger partial charge on any atom is -0.484 e. The van der Waals surface area contributed by atoms with Crippen molar-refractivity contribution in [1.82, 2.24) is 5.43 Å². The van der Waals surface area contributed by atoms with E-state index in [4.69, 9.17) is 21.1 Å². The van der Waals surface area contributed by atoms with Crippen LogP contribution in [0.3, 0.4) is 0 Å². The van der Waals surface area contributed by atoms with Crippen molar-refractivity contribution in [2.24, 2.45) is 5.10 Å². The summed E-state index contributed by atoms with van der Waals surface area (Å²) in [6.07, 6.45) is 1.39. The molecule has 0 atom stereocenters. The van der Waals surface area contributed by atoms with Crippen LogP contribution in [-0.4, -0.2) is 24.7 Å². The SMILES string of the molecule is Cc1ccc(C(=O)Oc2ccc(Br)cc2C=NNC(=O)COc2ccc(Cl)cc2)cc1. The van der Waals surface area contributed by atoms with Gasteiger partial charge in [-0.25, -0.2) is 10.2 Å². The average molecular weight is 502 g/mol. The lowest BCUT2D eigenvalue weighted by Gasteiger charge is -2.08. The first-order chi connectivity index (χ1) is 14.9. The zero-order valence-corrected chi connectivity index (χ0v) is 18.8. The molecule has 3 aromatic carbocycles. The van der Waals surface area contributed by atoms with Crippen LogP contribution in [0.25, 0.3) is 0 Å². The van der Waals surface area contributed by atoms with Crippen LogP contribution in [0.4, 0.5) is 0 Å². The number of hydrazone groups is 1. The van der Waals surface area contributed by atoms with Gasteiger partial charge in [0.15, 0.2) is 6.61 Å². The van der Waals surface area contributed by atoms with E-state index in [0.29, 0.717) is 27.6 Å². The Morgan fingerprint density at radius 1 is 1.06 bits per heavy atom. The molecule has 158 valence electrons. The Morgan fingerprint density at radius 3 is 2.48 bits per heavy atom. The lowest BCUT2D eigenvalue weighted by molar-refractivity contribution is -0.123. The molecular formula is C23H18BrClN2O4. The number of halogens is 2. The highest BCUT2D eigenvalue weighted by atomic mass is 79.9. The topological polar surface area (TPSA) is 77.0 Å². The van der Waals surface area contributed by atoms with E-state index in [1.807, 2.05) is 19.1 Å². The monoisotopic (exact) mass is 500 g/mol. The summed E-state index contributed by atoms with van der Waals surface area (Å²) < 4.78 is 11.6. The Labute approximate surface area is 193 Å². The number of nitrogens with zero attached hydrogens (tertiary/aromatic N) is 1. The van der Waals surface area contributed by atoms with E-state index in [-0.39, 0.29) is 6.61 Å². The fourth-order valence-electron chi connectivity index (χ4n) is 2.45. The van der Waals surface area contributed by atoms with Crippen molar-refractivity contribution in [2.45, 2.75) is 6.92 Å². The van der Waals surface area contributed by atoms with Crippen molar-refractivity contribution in [1.29, 1.82) is 0 Å². The molecule has 0 saturated carbocycles. The fraction of sp³-hybridized carbons (Fsp3) is 0.0870. The second-order valence-corrected chi connectivity index (χ2v) is 7.83. The summed E-state index contributed by atoms with van der Waals surface area (Å²) in [5.41, 5.74) is 4.36. The van der Waals surface area contributed by atoms with Crippen LogP contribution in [0.1, 0.15) is 21.5 Å². The Morgan fingerprint density at radius 2 is 1.77 bits per heavy atom. The van der Waals surface area contributed by atoms with Crippen molar-refractivity contribution in [3.63, 3.8) is 0 Å². The highest BCUT2D eigenvalue weighted by Gasteiger charge is 2.11. The number of hydrogen-bond acceptors (Lipinski definition) is 5. The van der Waals surface area contributed by atoms with Crippen molar-refractivity contribution in [2.75, 3.05) is 6.61 Å². The number of nitrogens with one attached hydrogen (secondary N) is 1. The van der Waals surface area contributed by atoms with Crippen LogP contribution in [0.2, 0.25) is 5.02 Å². The van der Waals surface area contributed by atoms with Gasteiger partial charge in [-0.15, -0.1) is 0 Å². The van der Waals surface area contributed by atoms with Crippen LogP contribution in [0, 0.1) is 6.92 Å². The van der Waals surface area contributed by atoms with Crippen LogP contribution in [-0.2, 0) is 4.79 Å². The van der Waals surface area contributed by atoms with Gasteiger partial charge in [0.05, 0.1) is 11.8 Å². The van der Waals surface area contributed by atoms with Gasteiger partial charge < -0.3 is 9.47 Å². The molecule has 0 spiro atoms. The molecule has 3 aromatic rings. The van der Waals surface area contributed by atoms with Gasteiger partial charge in [-0.3, -0.25) is 4.79 Å². The second kappa shape index (κ2) is 10.7. The van der Waals surface area contributed by atoms with E-state index in [0.717, 1.165) is 10.0 Å². The molecule has 0 radical (unpaired) electrons. The third kappa shape index (κ3) is 6.94. The minimum absolute atomic E-state index is 0.216. The average Bonchev–Trinajstić information content (AvgIpc) is 2.75. The van der Waals surface area contributed by atoms with Gasteiger partial charge in [-0.1, -0.05) is 45.2 Å². The first-order valence-corrected chi connectivity index (χ1v) is 10.4. The van der Waals surface area contributed by atoms with Gasteiger partial charge in [0, 0.05) is 15.1 Å². The number of amides is 1. The van der Waals surface area contributed by atoms with Crippen molar-refractivity contribution < 1.29 is 19.1 Å². The molecule has 3 rings (SSSR count). The molecule has 0 unspecified atom stereocenters. The van der Waals surface area contributed by atoms with Crippen molar-refractivity contribution >= 4 is 45.6 Å². The third-order valence-electron chi connectivity index (χ3n) is 4.04. The first-order valence-electron chi connectivity index (χ1n) is 9.19. The number of carbonyl (C=O) groups excluding carboxylic acids is 2. The largest absolute Gasteiger partial charge is 0.484 e. The quantitative estimate of drug-likeness (QED) is 0.210. The lowest BCUT2D eigenvalue weighted by atomic mass is 10.1. The summed E-state index contributed by atoms with van der Waals surface area (Å²) in [5.74, 6) is -0.109. The standard InChI is InChI=1S/C23H18BrClN2O4/c1-15-2-4-16(5-3-15)23(29)31-21-11-6-18(24)12-17(21)13-26-27-22(28)14-30-20-9-7-19(25)8-10-20/h2-13H,14H2,1H3,(H,27,28). The molecule has 0 saturated heterocycles. The Kier molecular flexibility index (Phi) is 7.81. The molecule has 0 bridgehead atoms. The summed E-state index contributed by atoms with van der Waals surface area (Å²) in [7, 11) is 0. The maximum Gasteiger partial charge on any atom is 0.343 e. The number of hydrogen-bond donors (Lipinski definition) is 1. The number of aryl methyl sites for hydroxylation is 1. The van der Waals surface area contributed by atoms with E-state index < -0.39 is 11.9 Å². The molecule has 0 aliphatic rings. The summed E-state index contributed by atoms with van der Waals surface area (Å²) in [6.45, 7) is 1.72. The maximum absolute atomic E-state index is 12.4. The predicted molar refractivity (Wildman–Crippen MR) is 123 cm³/mol. The Balaban J connectivity index is 1.61. The number of benzene rings is 3. The van der Waals surface area contributed by atoms with Crippen molar-refractivity contribution in [3.05, 3.63) is 92.9 Å². The molecule has 6 nitrogen and oxygen atoms in total. The molecule has 31 heavy (non-hydrogen) atoms. The first kappa shape index (κ1) is 22.5. The molecule has 1 amide bonds. The minimum atomic E-state index is -0.489. The van der Waals surface area contributed by atoms with Gasteiger partial charge in [0.1, 0.15) is 11.5 Å². The third-order valence-corrected chi connectivity index (χ3v) is 4.78. The van der Waals surface area contributed by atoms with Crippen LogP contribution in [0.15, 0.2) is 76.3 Å². The van der Waals surface area contributed by atoms with E-state index in [1.54, 1.807) is 54.6 Å². The fourth-order valence-corrected chi connectivity index (χ4v) is 2.95. The Hall–Kier alpha value is -3.16. The van der Waals surface area contributed by atoms with Crippen LogP contribution < -0.4 is 14.9 Å².